The van der Waals surface area contributed by atoms with Crippen molar-refractivity contribution < 1.29 is 9.32 Å². The first kappa shape index (κ1) is 21.7. The summed E-state index contributed by atoms with van der Waals surface area (Å²) in [6.45, 7) is 9.95. The first-order valence-corrected chi connectivity index (χ1v) is 8.85. The number of aromatic nitrogens is 1. The molecule has 1 aromatic rings. The number of nitrogens with zero attached hydrogens (tertiary/aromatic N) is 3. The molecule has 1 aliphatic rings. The smallest absolute Gasteiger partial charge is 0.222 e. The van der Waals surface area contributed by atoms with Gasteiger partial charge in [0.2, 0.25) is 5.91 Å². The second-order valence-electron chi connectivity index (χ2n) is 6.33. The molecule has 0 radical (unpaired) electrons. The molecule has 25 heavy (non-hydrogen) atoms. The van der Waals surface area contributed by atoms with Crippen molar-refractivity contribution in [3.8, 4) is 0 Å². The summed E-state index contributed by atoms with van der Waals surface area (Å²) in [5, 5.41) is 10.6. The fourth-order valence-corrected chi connectivity index (χ4v) is 2.59. The molecule has 7 nitrogen and oxygen atoms in total. The molecule has 1 saturated heterocycles. The van der Waals surface area contributed by atoms with Crippen LogP contribution in [0, 0.1) is 0 Å². The largest absolute Gasteiger partial charge is 0.359 e. The molecule has 2 heterocycles. The summed E-state index contributed by atoms with van der Waals surface area (Å²) in [7, 11) is 0. The maximum absolute atomic E-state index is 11.6. The van der Waals surface area contributed by atoms with Gasteiger partial charge in [0.25, 0.3) is 0 Å². The van der Waals surface area contributed by atoms with E-state index in [1.807, 2.05) is 17.9 Å². The average Bonchev–Trinajstić information content (AvgIpc) is 3.18. The normalized spacial score (nSPS) is 14.8. The molecule has 0 unspecified atom stereocenters. The van der Waals surface area contributed by atoms with Crippen LogP contribution in [0.25, 0.3) is 0 Å². The van der Waals surface area contributed by atoms with Gasteiger partial charge < -0.3 is 20.1 Å². The molecule has 0 aliphatic carbocycles. The van der Waals surface area contributed by atoms with Crippen LogP contribution in [0.2, 0.25) is 0 Å². The summed E-state index contributed by atoms with van der Waals surface area (Å²) in [5.74, 6) is 2.15. The number of rotatable bonds is 8. The summed E-state index contributed by atoms with van der Waals surface area (Å²) in [5.41, 5.74) is 0.952. The Balaban J connectivity index is 0.00000312. The number of amides is 1. The van der Waals surface area contributed by atoms with Gasteiger partial charge in [-0.1, -0.05) is 19.0 Å². The Hall–Kier alpha value is -1.32. The molecular formula is C17H30IN5O2. The number of carbonyl (C=O) groups is 1. The van der Waals surface area contributed by atoms with Gasteiger partial charge >= 0.3 is 0 Å². The molecule has 1 amide bonds. The maximum Gasteiger partial charge on any atom is 0.222 e. The van der Waals surface area contributed by atoms with Gasteiger partial charge in [-0.3, -0.25) is 4.79 Å². The molecule has 1 fully saturated rings. The highest BCUT2D eigenvalue weighted by Gasteiger charge is 2.18. The van der Waals surface area contributed by atoms with Crippen molar-refractivity contribution in [3.63, 3.8) is 0 Å². The minimum absolute atomic E-state index is 0. The fraction of sp³-hybridized carbons (Fsp3) is 0.706. The van der Waals surface area contributed by atoms with E-state index in [4.69, 9.17) is 4.52 Å². The number of likely N-dealkylation sites (tertiary alicyclic amines) is 1. The topological polar surface area (TPSA) is 82.8 Å². The van der Waals surface area contributed by atoms with E-state index in [1.54, 1.807) is 0 Å². The van der Waals surface area contributed by atoms with Crippen molar-refractivity contribution >= 4 is 35.8 Å². The van der Waals surface area contributed by atoms with Crippen LogP contribution in [0.1, 0.15) is 57.4 Å². The van der Waals surface area contributed by atoms with Crippen LogP contribution >= 0.6 is 24.0 Å². The van der Waals surface area contributed by atoms with Gasteiger partial charge in [0.1, 0.15) is 6.54 Å². The summed E-state index contributed by atoms with van der Waals surface area (Å²) in [6, 6.07) is 1.96. The average molecular weight is 463 g/mol. The third-order valence-electron chi connectivity index (χ3n) is 3.97. The van der Waals surface area contributed by atoms with Crippen LogP contribution in [-0.2, 0) is 11.3 Å². The van der Waals surface area contributed by atoms with E-state index < -0.39 is 0 Å². The number of carbonyl (C=O) groups excluding carboxylic acids is 1. The Morgan fingerprint density at radius 3 is 2.84 bits per heavy atom. The number of halogens is 1. The molecule has 0 aromatic carbocycles. The van der Waals surface area contributed by atoms with Gasteiger partial charge in [0, 0.05) is 38.7 Å². The Bertz CT molecular complexity index is 559. The van der Waals surface area contributed by atoms with Crippen molar-refractivity contribution in [2.24, 2.45) is 4.99 Å². The minimum Gasteiger partial charge on any atom is -0.359 e. The number of hydrogen-bond donors (Lipinski definition) is 2. The van der Waals surface area contributed by atoms with Gasteiger partial charge in [0.05, 0.1) is 5.69 Å². The third kappa shape index (κ3) is 7.21. The highest BCUT2D eigenvalue weighted by Crippen LogP contribution is 2.14. The van der Waals surface area contributed by atoms with Gasteiger partial charge in [-0.25, -0.2) is 4.99 Å². The van der Waals surface area contributed by atoms with E-state index in [-0.39, 0.29) is 29.9 Å². The molecule has 1 aromatic heterocycles. The molecule has 0 bridgehead atoms. The molecule has 8 heteroatoms. The van der Waals surface area contributed by atoms with Crippen molar-refractivity contribution in [1.82, 2.24) is 20.7 Å². The summed E-state index contributed by atoms with van der Waals surface area (Å²) in [6.07, 6.45) is 2.61. The van der Waals surface area contributed by atoms with Crippen LogP contribution in [0.3, 0.4) is 0 Å². The zero-order chi connectivity index (χ0) is 17.4. The standard InChI is InChI=1S/C17H29N5O2.HI/c1-4-18-17(19-8-6-10-22-9-5-7-16(22)23)20-12-14-11-15(13(2)3)21-24-14;/h11,13H,4-10,12H2,1-3H3,(H2,18,19,20);1H. The SMILES string of the molecule is CCNC(=NCc1cc(C(C)C)no1)NCCCN1CCCC1=O.I. The monoisotopic (exact) mass is 463 g/mol. The Labute approximate surface area is 167 Å². The lowest BCUT2D eigenvalue weighted by Gasteiger charge is -2.16. The highest BCUT2D eigenvalue weighted by molar-refractivity contribution is 14.0. The Morgan fingerprint density at radius 2 is 2.24 bits per heavy atom. The lowest BCUT2D eigenvalue weighted by molar-refractivity contribution is -0.127. The zero-order valence-electron chi connectivity index (χ0n) is 15.4. The highest BCUT2D eigenvalue weighted by atomic mass is 127. The van der Waals surface area contributed by atoms with E-state index in [2.05, 4.69) is 34.6 Å². The second kappa shape index (κ2) is 11.3. The summed E-state index contributed by atoms with van der Waals surface area (Å²) < 4.78 is 5.30. The first-order chi connectivity index (χ1) is 11.6. The van der Waals surface area contributed by atoms with E-state index in [0.717, 1.165) is 56.4 Å². The molecule has 2 N–H and O–H groups in total. The number of hydrogen-bond acceptors (Lipinski definition) is 4. The Morgan fingerprint density at radius 1 is 1.44 bits per heavy atom. The molecule has 1 aliphatic heterocycles. The van der Waals surface area contributed by atoms with Crippen molar-refractivity contribution in [2.45, 2.75) is 52.5 Å². The quantitative estimate of drug-likeness (QED) is 0.268. The van der Waals surface area contributed by atoms with E-state index in [0.29, 0.717) is 18.9 Å². The molecule has 2 rings (SSSR count). The van der Waals surface area contributed by atoms with Gasteiger partial charge in [-0.15, -0.1) is 24.0 Å². The lowest BCUT2D eigenvalue weighted by Crippen LogP contribution is -2.39. The van der Waals surface area contributed by atoms with Crippen LogP contribution in [0.5, 0.6) is 0 Å². The molecule has 142 valence electrons. The zero-order valence-corrected chi connectivity index (χ0v) is 17.7. The predicted molar refractivity (Wildman–Crippen MR) is 109 cm³/mol. The van der Waals surface area contributed by atoms with Crippen molar-refractivity contribution in [1.29, 1.82) is 0 Å². The summed E-state index contributed by atoms with van der Waals surface area (Å²) >= 11 is 0. The van der Waals surface area contributed by atoms with Crippen LogP contribution < -0.4 is 10.6 Å². The van der Waals surface area contributed by atoms with Gasteiger partial charge in [-0.05, 0) is 25.7 Å². The van der Waals surface area contributed by atoms with Gasteiger partial charge in [-0.2, -0.15) is 0 Å². The van der Waals surface area contributed by atoms with E-state index in [1.165, 1.54) is 0 Å². The van der Waals surface area contributed by atoms with Gasteiger partial charge in [0.15, 0.2) is 11.7 Å². The molecule has 0 spiro atoms. The van der Waals surface area contributed by atoms with E-state index in [9.17, 15) is 4.79 Å². The fourth-order valence-electron chi connectivity index (χ4n) is 2.59. The predicted octanol–water partition coefficient (Wildman–Crippen LogP) is 2.48. The number of aliphatic imine (C=N–C) groups is 1. The number of guanidine groups is 1. The summed E-state index contributed by atoms with van der Waals surface area (Å²) in [4.78, 5) is 18.0. The Kier molecular flexibility index (Phi) is 9.84. The number of nitrogens with one attached hydrogen (secondary N) is 2. The van der Waals surface area contributed by atoms with Crippen LogP contribution in [0.4, 0.5) is 0 Å². The lowest BCUT2D eigenvalue weighted by atomic mass is 10.1. The third-order valence-corrected chi connectivity index (χ3v) is 3.97. The molecule has 0 atom stereocenters. The maximum atomic E-state index is 11.6. The van der Waals surface area contributed by atoms with Crippen LogP contribution in [0.15, 0.2) is 15.6 Å². The van der Waals surface area contributed by atoms with E-state index >= 15 is 0 Å². The minimum atomic E-state index is 0. The van der Waals surface area contributed by atoms with Crippen LogP contribution in [-0.4, -0.2) is 48.1 Å². The first-order valence-electron chi connectivity index (χ1n) is 8.85. The second-order valence-corrected chi connectivity index (χ2v) is 6.33. The molecular weight excluding hydrogens is 433 g/mol. The van der Waals surface area contributed by atoms with Crippen molar-refractivity contribution in [3.05, 3.63) is 17.5 Å². The van der Waals surface area contributed by atoms with Crippen molar-refractivity contribution in [2.75, 3.05) is 26.2 Å². The molecule has 0 saturated carbocycles.